The first-order valence-electron chi connectivity index (χ1n) is 4.06. The van der Waals surface area contributed by atoms with Crippen LogP contribution in [0.3, 0.4) is 0 Å². The van der Waals surface area contributed by atoms with Crippen LogP contribution in [-0.4, -0.2) is 31.5 Å². The number of nitrogens with one attached hydrogen (secondary N) is 1. The number of ether oxygens (including phenoxy) is 2. The van der Waals surface area contributed by atoms with Gasteiger partial charge in [-0.25, -0.2) is 4.79 Å². The second kappa shape index (κ2) is 4.67. The highest BCUT2D eigenvalue weighted by Crippen LogP contribution is 2.09. The first-order chi connectivity index (χ1) is 6.27. The average molecular weight is 183 g/mol. The fourth-order valence-corrected chi connectivity index (χ4v) is 1.09. The summed E-state index contributed by atoms with van der Waals surface area (Å²) in [5.41, 5.74) is 0. The van der Waals surface area contributed by atoms with Crippen LogP contribution in [0.25, 0.3) is 0 Å². The van der Waals surface area contributed by atoms with Crippen LogP contribution >= 0.6 is 0 Å². The minimum absolute atomic E-state index is 0.155. The monoisotopic (exact) mass is 183 g/mol. The molecule has 1 rings (SSSR count). The Hall–Kier alpha value is -1.29. The third-order valence-electron chi connectivity index (χ3n) is 1.72. The van der Waals surface area contributed by atoms with Crippen LogP contribution in [0.4, 0.5) is 4.79 Å². The lowest BCUT2D eigenvalue weighted by molar-refractivity contribution is 0.0511. The van der Waals surface area contributed by atoms with Gasteiger partial charge >= 0.3 is 6.09 Å². The molecule has 0 aromatic rings. The highest BCUT2D eigenvalue weighted by molar-refractivity contribution is 5.70. The van der Waals surface area contributed by atoms with Crippen molar-refractivity contribution in [2.24, 2.45) is 0 Å². The standard InChI is InChI=1S/C9H13NO3/c1-3-5-12-6-8-7(4-2)10-9(11)13-8/h3-4,7-8H,1-2,5-6H2,(H,10,11)/t7-,8+/m0/s1. The highest BCUT2D eigenvalue weighted by atomic mass is 16.6. The van der Waals surface area contributed by atoms with Crippen molar-refractivity contribution in [3.63, 3.8) is 0 Å². The Kier molecular flexibility index (Phi) is 3.52. The number of cyclic esters (lactones) is 1. The van der Waals surface area contributed by atoms with Crippen molar-refractivity contribution in [1.82, 2.24) is 5.32 Å². The Morgan fingerprint density at radius 3 is 3.00 bits per heavy atom. The molecule has 0 radical (unpaired) electrons. The maximum absolute atomic E-state index is 10.8. The zero-order valence-electron chi connectivity index (χ0n) is 7.36. The fourth-order valence-electron chi connectivity index (χ4n) is 1.09. The molecule has 0 aliphatic carbocycles. The number of alkyl carbamates (subject to hydrolysis) is 1. The minimum Gasteiger partial charge on any atom is -0.441 e. The highest BCUT2D eigenvalue weighted by Gasteiger charge is 2.31. The van der Waals surface area contributed by atoms with Crippen LogP contribution in [0.5, 0.6) is 0 Å². The van der Waals surface area contributed by atoms with E-state index in [4.69, 9.17) is 9.47 Å². The van der Waals surface area contributed by atoms with Gasteiger partial charge in [-0.1, -0.05) is 12.2 Å². The van der Waals surface area contributed by atoms with Gasteiger partial charge in [-0.15, -0.1) is 13.2 Å². The van der Waals surface area contributed by atoms with Crippen LogP contribution in [0.15, 0.2) is 25.3 Å². The van der Waals surface area contributed by atoms with E-state index in [-0.39, 0.29) is 12.1 Å². The fraction of sp³-hybridized carbons (Fsp3) is 0.444. The van der Waals surface area contributed by atoms with Gasteiger partial charge in [0, 0.05) is 0 Å². The van der Waals surface area contributed by atoms with Gasteiger partial charge in [0.05, 0.1) is 19.3 Å². The number of carbonyl (C=O) groups excluding carboxylic acids is 1. The van der Waals surface area contributed by atoms with Crippen LogP contribution in [0.2, 0.25) is 0 Å². The first-order valence-corrected chi connectivity index (χ1v) is 4.06. The van der Waals surface area contributed by atoms with E-state index in [0.29, 0.717) is 13.2 Å². The molecule has 13 heavy (non-hydrogen) atoms. The molecule has 0 aromatic heterocycles. The summed E-state index contributed by atoms with van der Waals surface area (Å²) in [5, 5.41) is 2.60. The average Bonchev–Trinajstić information content (AvgIpc) is 2.47. The second-order valence-electron chi connectivity index (χ2n) is 2.68. The predicted molar refractivity (Wildman–Crippen MR) is 48.4 cm³/mol. The zero-order valence-corrected chi connectivity index (χ0v) is 7.36. The summed E-state index contributed by atoms with van der Waals surface area (Å²) in [6.07, 6.45) is 2.59. The predicted octanol–water partition coefficient (Wildman–Crippen LogP) is 0.852. The van der Waals surface area contributed by atoms with Gasteiger partial charge < -0.3 is 14.8 Å². The van der Waals surface area contributed by atoms with Crippen molar-refractivity contribution in [2.75, 3.05) is 13.2 Å². The molecule has 1 aliphatic rings. The molecule has 1 fully saturated rings. The Morgan fingerprint density at radius 2 is 2.38 bits per heavy atom. The molecule has 72 valence electrons. The van der Waals surface area contributed by atoms with Gasteiger partial charge in [-0.3, -0.25) is 0 Å². The smallest absolute Gasteiger partial charge is 0.408 e. The molecule has 1 amide bonds. The quantitative estimate of drug-likeness (QED) is 0.507. The molecule has 1 heterocycles. The topological polar surface area (TPSA) is 47.6 Å². The SMILES string of the molecule is C=CCOC[C@H]1OC(=O)N[C@H]1C=C. The Labute approximate surface area is 77.2 Å². The molecule has 2 atom stereocenters. The van der Waals surface area contributed by atoms with E-state index in [1.54, 1.807) is 12.2 Å². The van der Waals surface area contributed by atoms with Gasteiger partial charge in [0.15, 0.2) is 6.10 Å². The van der Waals surface area contributed by atoms with Crippen LogP contribution in [0, 0.1) is 0 Å². The van der Waals surface area contributed by atoms with E-state index in [1.807, 2.05) is 0 Å². The van der Waals surface area contributed by atoms with Gasteiger partial charge in [-0.2, -0.15) is 0 Å². The summed E-state index contributed by atoms with van der Waals surface area (Å²) in [4.78, 5) is 10.8. The molecule has 0 bridgehead atoms. The van der Waals surface area contributed by atoms with E-state index >= 15 is 0 Å². The first kappa shape index (κ1) is 9.80. The summed E-state index contributed by atoms with van der Waals surface area (Å²) in [6.45, 7) is 7.91. The molecular formula is C9H13NO3. The molecule has 1 N–H and O–H groups in total. The molecule has 0 spiro atoms. The van der Waals surface area contributed by atoms with E-state index in [9.17, 15) is 4.79 Å². The molecule has 0 aromatic carbocycles. The lowest BCUT2D eigenvalue weighted by Gasteiger charge is -2.12. The molecule has 4 nitrogen and oxygen atoms in total. The second-order valence-corrected chi connectivity index (χ2v) is 2.68. The summed E-state index contributed by atoms with van der Waals surface area (Å²) in [5.74, 6) is 0. The number of rotatable bonds is 5. The molecule has 1 aliphatic heterocycles. The van der Waals surface area contributed by atoms with Gasteiger partial charge in [0.2, 0.25) is 0 Å². The molecule has 0 saturated carbocycles. The Morgan fingerprint density at radius 1 is 1.62 bits per heavy atom. The Balaban J connectivity index is 2.34. The maximum Gasteiger partial charge on any atom is 0.408 e. The van der Waals surface area contributed by atoms with Crippen molar-refractivity contribution in [2.45, 2.75) is 12.1 Å². The van der Waals surface area contributed by atoms with Crippen LogP contribution < -0.4 is 5.32 Å². The molecular weight excluding hydrogens is 170 g/mol. The van der Waals surface area contributed by atoms with Crippen LogP contribution in [-0.2, 0) is 9.47 Å². The minimum atomic E-state index is -0.419. The third kappa shape index (κ3) is 2.59. The van der Waals surface area contributed by atoms with Crippen molar-refractivity contribution < 1.29 is 14.3 Å². The van der Waals surface area contributed by atoms with E-state index in [1.165, 1.54) is 0 Å². The number of amides is 1. The van der Waals surface area contributed by atoms with Gasteiger partial charge in [-0.05, 0) is 0 Å². The van der Waals surface area contributed by atoms with Crippen molar-refractivity contribution in [3.8, 4) is 0 Å². The van der Waals surface area contributed by atoms with E-state index in [2.05, 4.69) is 18.5 Å². The lowest BCUT2D eigenvalue weighted by atomic mass is 10.2. The summed E-state index contributed by atoms with van der Waals surface area (Å²) in [6, 6.07) is -0.155. The summed E-state index contributed by atoms with van der Waals surface area (Å²) >= 11 is 0. The van der Waals surface area contributed by atoms with Gasteiger partial charge in [0.25, 0.3) is 0 Å². The zero-order chi connectivity index (χ0) is 9.68. The van der Waals surface area contributed by atoms with E-state index < -0.39 is 6.09 Å². The van der Waals surface area contributed by atoms with E-state index in [0.717, 1.165) is 0 Å². The largest absolute Gasteiger partial charge is 0.441 e. The molecule has 4 heteroatoms. The van der Waals surface area contributed by atoms with Crippen LogP contribution in [0.1, 0.15) is 0 Å². The number of hydrogen-bond donors (Lipinski definition) is 1. The van der Waals surface area contributed by atoms with Crippen molar-refractivity contribution >= 4 is 6.09 Å². The molecule has 0 unspecified atom stereocenters. The number of hydrogen-bond acceptors (Lipinski definition) is 3. The Bertz CT molecular complexity index is 215. The summed E-state index contributed by atoms with van der Waals surface area (Å²) < 4.78 is 10.1. The third-order valence-corrected chi connectivity index (χ3v) is 1.72. The normalized spacial score (nSPS) is 26.3. The van der Waals surface area contributed by atoms with Gasteiger partial charge in [0.1, 0.15) is 0 Å². The van der Waals surface area contributed by atoms with Crippen molar-refractivity contribution in [3.05, 3.63) is 25.3 Å². The summed E-state index contributed by atoms with van der Waals surface area (Å²) in [7, 11) is 0. The van der Waals surface area contributed by atoms with Crippen molar-refractivity contribution in [1.29, 1.82) is 0 Å². The molecule has 1 saturated heterocycles. The number of carbonyl (C=O) groups is 1. The maximum atomic E-state index is 10.8. The lowest BCUT2D eigenvalue weighted by Crippen LogP contribution is -2.32.